The highest BCUT2D eigenvalue weighted by Crippen LogP contribution is 2.39. The molecule has 1 heteroatoms. The van der Waals surface area contributed by atoms with Gasteiger partial charge in [0.05, 0.1) is 0 Å². The van der Waals surface area contributed by atoms with E-state index in [1.807, 2.05) is 0 Å². The van der Waals surface area contributed by atoms with Crippen LogP contribution in [0.3, 0.4) is 0 Å². The average Bonchev–Trinajstić information content (AvgIpc) is 2.17. The lowest BCUT2D eigenvalue weighted by Gasteiger charge is -2.40. The van der Waals surface area contributed by atoms with E-state index in [1.165, 1.54) is 32.1 Å². The maximum absolute atomic E-state index is 6.35. The Hall–Kier alpha value is -0.0400. The minimum absolute atomic E-state index is 0.449. The molecule has 4 unspecified atom stereocenters. The molecule has 1 saturated carbocycles. The summed E-state index contributed by atoms with van der Waals surface area (Å²) in [4.78, 5) is 0. The quantitative estimate of drug-likeness (QED) is 0.751. The van der Waals surface area contributed by atoms with Gasteiger partial charge in [-0.2, -0.15) is 0 Å². The minimum Gasteiger partial charge on any atom is -0.327 e. The van der Waals surface area contributed by atoms with Crippen LogP contribution < -0.4 is 5.73 Å². The van der Waals surface area contributed by atoms with E-state index in [9.17, 15) is 0 Å². The molecule has 0 aromatic carbocycles. The summed E-state index contributed by atoms with van der Waals surface area (Å²) in [5, 5.41) is 0. The predicted molar refractivity (Wildman–Crippen MR) is 67.7 cm³/mol. The smallest absolute Gasteiger partial charge is 0.00699 e. The lowest BCUT2D eigenvalue weighted by Crippen LogP contribution is -2.40. The maximum atomic E-state index is 6.35. The molecule has 4 atom stereocenters. The van der Waals surface area contributed by atoms with Crippen molar-refractivity contribution < 1.29 is 0 Å². The Bertz CT molecular complexity index is 176. The summed E-state index contributed by atoms with van der Waals surface area (Å²) in [5.41, 5.74) is 6.35. The van der Waals surface area contributed by atoms with Crippen molar-refractivity contribution in [2.45, 2.75) is 65.8 Å². The van der Waals surface area contributed by atoms with Gasteiger partial charge in [-0.05, 0) is 42.9 Å². The van der Waals surface area contributed by atoms with Crippen molar-refractivity contribution in [3.8, 4) is 0 Å². The number of nitrogens with two attached hydrogens (primary N) is 1. The van der Waals surface area contributed by atoms with Crippen LogP contribution >= 0.6 is 0 Å². The topological polar surface area (TPSA) is 26.0 Å². The fourth-order valence-corrected chi connectivity index (χ4v) is 3.32. The third-order valence-corrected chi connectivity index (χ3v) is 4.25. The number of rotatable bonds is 4. The summed E-state index contributed by atoms with van der Waals surface area (Å²) in [7, 11) is 0. The second-order valence-electron chi connectivity index (χ2n) is 5.94. The van der Waals surface area contributed by atoms with Gasteiger partial charge in [0.15, 0.2) is 0 Å². The van der Waals surface area contributed by atoms with E-state index in [4.69, 9.17) is 5.73 Å². The molecule has 90 valence electrons. The molecule has 0 aromatic rings. The summed E-state index contributed by atoms with van der Waals surface area (Å²) in [6.45, 7) is 9.37. The van der Waals surface area contributed by atoms with Crippen LogP contribution in [0, 0.1) is 23.7 Å². The van der Waals surface area contributed by atoms with Gasteiger partial charge in [0.25, 0.3) is 0 Å². The summed E-state index contributed by atoms with van der Waals surface area (Å²) in [5.74, 6) is 3.37. The first-order chi connectivity index (χ1) is 7.06. The van der Waals surface area contributed by atoms with Crippen LogP contribution in [0.15, 0.2) is 0 Å². The van der Waals surface area contributed by atoms with E-state index in [1.54, 1.807) is 0 Å². The monoisotopic (exact) mass is 211 g/mol. The first-order valence-electron chi connectivity index (χ1n) is 6.81. The molecule has 0 spiro atoms. The zero-order valence-electron chi connectivity index (χ0n) is 11.0. The van der Waals surface area contributed by atoms with Gasteiger partial charge in [0.2, 0.25) is 0 Å². The maximum Gasteiger partial charge on any atom is 0.00699 e. The predicted octanol–water partition coefficient (Wildman–Crippen LogP) is 3.82. The second-order valence-corrected chi connectivity index (χ2v) is 5.94. The van der Waals surface area contributed by atoms with E-state index in [-0.39, 0.29) is 0 Å². The number of hydrogen-bond acceptors (Lipinski definition) is 1. The van der Waals surface area contributed by atoms with Gasteiger partial charge in [-0.25, -0.2) is 0 Å². The molecular formula is C14H29N. The molecule has 1 rings (SSSR count). The molecule has 0 aromatic heterocycles. The van der Waals surface area contributed by atoms with Gasteiger partial charge >= 0.3 is 0 Å². The Balaban J connectivity index is 2.61. The zero-order valence-corrected chi connectivity index (χ0v) is 11.0. The molecule has 0 radical (unpaired) electrons. The van der Waals surface area contributed by atoms with E-state index < -0.39 is 0 Å². The Kier molecular flexibility index (Phi) is 5.11. The van der Waals surface area contributed by atoms with Crippen LogP contribution in [0.5, 0.6) is 0 Å². The Morgan fingerprint density at radius 2 is 1.87 bits per heavy atom. The first kappa shape index (κ1) is 13.0. The molecule has 1 aliphatic rings. The van der Waals surface area contributed by atoms with Gasteiger partial charge in [-0.15, -0.1) is 0 Å². The van der Waals surface area contributed by atoms with Gasteiger partial charge in [0, 0.05) is 6.04 Å². The molecule has 0 saturated heterocycles. The highest BCUT2D eigenvalue weighted by Gasteiger charge is 2.33. The highest BCUT2D eigenvalue weighted by atomic mass is 14.7. The molecule has 2 N–H and O–H groups in total. The summed E-state index contributed by atoms with van der Waals surface area (Å²) >= 11 is 0. The van der Waals surface area contributed by atoms with E-state index >= 15 is 0 Å². The molecular weight excluding hydrogens is 182 g/mol. The fourth-order valence-electron chi connectivity index (χ4n) is 3.32. The van der Waals surface area contributed by atoms with Crippen molar-refractivity contribution in [3.05, 3.63) is 0 Å². The highest BCUT2D eigenvalue weighted by molar-refractivity contribution is 4.86. The molecule has 1 aliphatic carbocycles. The number of hydrogen-bond donors (Lipinski definition) is 1. The van der Waals surface area contributed by atoms with Crippen molar-refractivity contribution in [2.75, 3.05) is 0 Å². The molecule has 15 heavy (non-hydrogen) atoms. The third kappa shape index (κ3) is 3.48. The SMILES string of the molecule is CCCC(N)C1CC(C)CCC1C(C)C. The van der Waals surface area contributed by atoms with Crippen LogP contribution in [0.2, 0.25) is 0 Å². The fraction of sp³-hybridized carbons (Fsp3) is 1.00. The van der Waals surface area contributed by atoms with Crippen molar-refractivity contribution in [3.63, 3.8) is 0 Å². The van der Waals surface area contributed by atoms with Crippen LogP contribution in [-0.2, 0) is 0 Å². The standard InChI is InChI=1S/C14H29N/c1-5-6-14(15)13-9-11(4)7-8-12(13)10(2)3/h10-14H,5-9,15H2,1-4H3. The zero-order chi connectivity index (χ0) is 11.4. The van der Waals surface area contributed by atoms with Crippen molar-refractivity contribution in [1.29, 1.82) is 0 Å². The summed E-state index contributed by atoms with van der Waals surface area (Å²) < 4.78 is 0. The molecule has 1 fully saturated rings. The molecule has 0 aliphatic heterocycles. The van der Waals surface area contributed by atoms with Crippen molar-refractivity contribution in [1.82, 2.24) is 0 Å². The van der Waals surface area contributed by atoms with E-state index in [2.05, 4.69) is 27.7 Å². The van der Waals surface area contributed by atoms with Crippen molar-refractivity contribution in [2.24, 2.45) is 29.4 Å². The Labute approximate surface area is 95.8 Å². The second kappa shape index (κ2) is 5.89. The van der Waals surface area contributed by atoms with Gasteiger partial charge < -0.3 is 5.73 Å². The van der Waals surface area contributed by atoms with Gasteiger partial charge in [-0.3, -0.25) is 0 Å². The lowest BCUT2D eigenvalue weighted by atomic mass is 9.67. The molecule has 0 amide bonds. The average molecular weight is 211 g/mol. The Morgan fingerprint density at radius 1 is 1.20 bits per heavy atom. The van der Waals surface area contributed by atoms with Gasteiger partial charge in [0.1, 0.15) is 0 Å². The van der Waals surface area contributed by atoms with E-state index in [0.29, 0.717) is 6.04 Å². The molecule has 0 heterocycles. The minimum atomic E-state index is 0.449. The van der Waals surface area contributed by atoms with Gasteiger partial charge in [-0.1, -0.05) is 40.5 Å². The molecule has 1 nitrogen and oxygen atoms in total. The van der Waals surface area contributed by atoms with Crippen LogP contribution in [0.25, 0.3) is 0 Å². The normalized spacial score (nSPS) is 34.4. The third-order valence-electron chi connectivity index (χ3n) is 4.25. The van der Waals surface area contributed by atoms with Crippen molar-refractivity contribution >= 4 is 0 Å². The summed E-state index contributed by atoms with van der Waals surface area (Å²) in [6, 6.07) is 0.449. The van der Waals surface area contributed by atoms with E-state index in [0.717, 1.165) is 23.7 Å². The van der Waals surface area contributed by atoms with Crippen LogP contribution in [0.4, 0.5) is 0 Å². The first-order valence-corrected chi connectivity index (χ1v) is 6.81. The summed E-state index contributed by atoms with van der Waals surface area (Å²) in [6.07, 6.45) is 6.63. The lowest BCUT2D eigenvalue weighted by molar-refractivity contribution is 0.118. The van der Waals surface area contributed by atoms with Crippen LogP contribution in [0.1, 0.15) is 59.8 Å². The molecule has 0 bridgehead atoms. The largest absolute Gasteiger partial charge is 0.327 e. The Morgan fingerprint density at radius 3 is 2.40 bits per heavy atom. The van der Waals surface area contributed by atoms with Crippen LogP contribution in [-0.4, -0.2) is 6.04 Å².